The molecule has 4 N–H and O–H groups in total. The Hall–Kier alpha value is -1.82. The van der Waals surface area contributed by atoms with Gasteiger partial charge in [0.1, 0.15) is 16.8 Å². The van der Waals surface area contributed by atoms with Gasteiger partial charge in [-0.05, 0) is 31.9 Å². The first-order valence-electron chi connectivity index (χ1n) is 6.56. The summed E-state index contributed by atoms with van der Waals surface area (Å²) in [6.45, 7) is 1.81. The van der Waals surface area contributed by atoms with Gasteiger partial charge in [-0.3, -0.25) is 4.79 Å². The highest BCUT2D eigenvalue weighted by molar-refractivity contribution is 7.80. The molecule has 1 saturated carbocycles. The Morgan fingerprint density at radius 1 is 1.50 bits per heavy atom. The third-order valence-corrected chi connectivity index (χ3v) is 3.40. The number of methoxy groups -OCH3 is 1. The number of rotatable bonds is 6. The second-order valence-corrected chi connectivity index (χ2v) is 5.36. The second-order valence-electron chi connectivity index (χ2n) is 4.92. The van der Waals surface area contributed by atoms with Gasteiger partial charge in [0, 0.05) is 23.4 Å². The molecule has 0 saturated heterocycles. The van der Waals surface area contributed by atoms with Crippen molar-refractivity contribution in [1.29, 1.82) is 0 Å². The molecule has 1 aliphatic carbocycles. The number of hydrogen-bond donors (Lipinski definition) is 3. The highest BCUT2D eigenvalue weighted by Gasteiger charge is 2.25. The maximum absolute atomic E-state index is 12.0. The van der Waals surface area contributed by atoms with E-state index in [1.165, 1.54) is 0 Å². The standard InChI is InChI=1S/C14H19N3O2S/c1-8(14(18)17-9-3-4-9)16-12-7-10(19-2)5-6-11(12)13(15)20/h5-9,16H,3-4H2,1-2H3,(H2,15,20)(H,17,18). The summed E-state index contributed by atoms with van der Waals surface area (Å²) in [5.74, 6) is 0.659. The van der Waals surface area contributed by atoms with Crippen LogP contribution in [-0.2, 0) is 4.79 Å². The van der Waals surface area contributed by atoms with Crippen LogP contribution >= 0.6 is 12.2 Å². The van der Waals surface area contributed by atoms with E-state index in [1.54, 1.807) is 32.2 Å². The van der Waals surface area contributed by atoms with Gasteiger partial charge in [0.05, 0.1) is 7.11 Å². The first kappa shape index (κ1) is 14.6. The fourth-order valence-corrected chi connectivity index (χ4v) is 2.02. The lowest BCUT2D eigenvalue weighted by Gasteiger charge is -2.18. The van der Waals surface area contributed by atoms with E-state index in [9.17, 15) is 4.79 Å². The molecule has 5 nitrogen and oxygen atoms in total. The maximum atomic E-state index is 12.0. The Labute approximate surface area is 123 Å². The Morgan fingerprint density at radius 2 is 2.20 bits per heavy atom. The minimum absolute atomic E-state index is 0.0239. The highest BCUT2D eigenvalue weighted by Crippen LogP contribution is 2.24. The van der Waals surface area contributed by atoms with E-state index >= 15 is 0 Å². The van der Waals surface area contributed by atoms with Gasteiger partial charge in [0.25, 0.3) is 0 Å². The fraction of sp³-hybridized carbons (Fsp3) is 0.429. The second kappa shape index (κ2) is 6.09. The van der Waals surface area contributed by atoms with E-state index in [2.05, 4.69) is 10.6 Å². The van der Waals surface area contributed by atoms with Crippen LogP contribution in [0.25, 0.3) is 0 Å². The predicted octanol–water partition coefficient (Wildman–Crippen LogP) is 1.41. The van der Waals surface area contributed by atoms with Crippen molar-refractivity contribution >= 4 is 28.8 Å². The molecule has 0 bridgehead atoms. The number of amides is 1. The molecule has 1 atom stereocenters. The lowest BCUT2D eigenvalue weighted by atomic mass is 10.1. The van der Waals surface area contributed by atoms with Gasteiger partial charge in [-0.2, -0.15) is 0 Å². The zero-order valence-corrected chi connectivity index (χ0v) is 12.4. The predicted molar refractivity (Wildman–Crippen MR) is 83.1 cm³/mol. The van der Waals surface area contributed by atoms with Gasteiger partial charge in [-0.1, -0.05) is 12.2 Å². The van der Waals surface area contributed by atoms with Crippen molar-refractivity contribution in [2.45, 2.75) is 31.8 Å². The van der Waals surface area contributed by atoms with E-state index in [-0.39, 0.29) is 16.9 Å². The fourth-order valence-electron chi connectivity index (χ4n) is 1.84. The molecule has 0 heterocycles. The molecule has 1 aromatic carbocycles. The Morgan fingerprint density at radius 3 is 2.75 bits per heavy atom. The van der Waals surface area contributed by atoms with Gasteiger partial charge < -0.3 is 21.1 Å². The van der Waals surface area contributed by atoms with Crippen molar-refractivity contribution in [2.24, 2.45) is 5.73 Å². The largest absolute Gasteiger partial charge is 0.497 e. The number of carbonyl (C=O) groups excluding carboxylic acids is 1. The molecule has 1 aliphatic rings. The summed E-state index contributed by atoms with van der Waals surface area (Å²) in [7, 11) is 1.59. The van der Waals surface area contributed by atoms with E-state index in [0.29, 0.717) is 23.0 Å². The molecule has 20 heavy (non-hydrogen) atoms. The van der Waals surface area contributed by atoms with Crippen LogP contribution in [0.5, 0.6) is 5.75 Å². The number of hydrogen-bond acceptors (Lipinski definition) is 4. The van der Waals surface area contributed by atoms with Crippen LogP contribution in [-0.4, -0.2) is 30.1 Å². The zero-order chi connectivity index (χ0) is 14.7. The van der Waals surface area contributed by atoms with Crippen molar-refractivity contribution in [3.63, 3.8) is 0 Å². The Bertz CT molecular complexity index is 529. The van der Waals surface area contributed by atoms with Crippen LogP contribution in [0.2, 0.25) is 0 Å². The number of thiocarbonyl (C=S) groups is 1. The van der Waals surface area contributed by atoms with Gasteiger partial charge in [0.15, 0.2) is 0 Å². The number of benzene rings is 1. The van der Waals surface area contributed by atoms with Crippen molar-refractivity contribution < 1.29 is 9.53 Å². The summed E-state index contributed by atoms with van der Waals surface area (Å²) in [5, 5.41) is 6.09. The van der Waals surface area contributed by atoms with E-state index in [0.717, 1.165) is 12.8 Å². The van der Waals surface area contributed by atoms with Crippen molar-refractivity contribution in [3.05, 3.63) is 23.8 Å². The highest BCUT2D eigenvalue weighted by atomic mass is 32.1. The summed E-state index contributed by atoms with van der Waals surface area (Å²) < 4.78 is 5.18. The normalized spacial score (nSPS) is 15.3. The molecule has 0 aromatic heterocycles. The number of anilines is 1. The van der Waals surface area contributed by atoms with Crippen LogP contribution in [0.1, 0.15) is 25.3 Å². The average Bonchev–Trinajstić information content (AvgIpc) is 3.22. The minimum atomic E-state index is -0.365. The number of nitrogens with two attached hydrogens (primary N) is 1. The smallest absolute Gasteiger partial charge is 0.242 e. The van der Waals surface area contributed by atoms with Crippen LogP contribution in [0, 0.1) is 0 Å². The molecule has 6 heteroatoms. The molecule has 1 amide bonds. The van der Waals surface area contributed by atoms with Gasteiger partial charge in [-0.15, -0.1) is 0 Å². The molecule has 0 spiro atoms. The van der Waals surface area contributed by atoms with Gasteiger partial charge in [-0.25, -0.2) is 0 Å². The van der Waals surface area contributed by atoms with Crippen LogP contribution in [0.4, 0.5) is 5.69 Å². The SMILES string of the molecule is COc1ccc(C(N)=S)c(NC(C)C(=O)NC2CC2)c1. The summed E-state index contributed by atoms with van der Waals surface area (Å²) in [5.41, 5.74) is 7.10. The average molecular weight is 293 g/mol. The molecular weight excluding hydrogens is 274 g/mol. The first-order chi connectivity index (χ1) is 9.51. The van der Waals surface area contributed by atoms with E-state index in [4.69, 9.17) is 22.7 Å². The third-order valence-electron chi connectivity index (χ3n) is 3.18. The topological polar surface area (TPSA) is 76.4 Å². The number of carbonyl (C=O) groups is 1. The van der Waals surface area contributed by atoms with Crippen molar-refractivity contribution in [3.8, 4) is 5.75 Å². The number of ether oxygens (including phenoxy) is 1. The maximum Gasteiger partial charge on any atom is 0.242 e. The van der Waals surface area contributed by atoms with E-state index < -0.39 is 0 Å². The lowest BCUT2D eigenvalue weighted by Crippen LogP contribution is -2.39. The minimum Gasteiger partial charge on any atom is -0.497 e. The lowest BCUT2D eigenvalue weighted by molar-refractivity contribution is -0.121. The molecule has 2 rings (SSSR count). The summed E-state index contributed by atoms with van der Waals surface area (Å²) in [6.07, 6.45) is 2.13. The molecule has 0 aliphatic heterocycles. The Kier molecular flexibility index (Phi) is 4.44. The molecule has 1 unspecified atom stereocenters. The summed E-state index contributed by atoms with van der Waals surface area (Å²) in [6, 6.07) is 5.34. The molecule has 1 fully saturated rings. The molecule has 1 aromatic rings. The van der Waals surface area contributed by atoms with Crippen LogP contribution < -0.4 is 21.1 Å². The van der Waals surface area contributed by atoms with Gasteiger partial charge >= 0.3 is 0 Å². The van der Waals surface area contributed by atoms with Gasteiger partial charge in [0.2, 0.25) is 5.91 Å². The number of nitrogens with one attached hydrogen (secondary N) is 2. The third kappa shape index (κ3) is 3.60. The first-order valence-corrected chi connectivity index (χ1v) is 6.97. The van der Waals surface area contributed by atoms with Crippen molar-refractivity contribution in [1.82, 2.24) is 5.32 Å². The monoisotopic (exact) mass is 293 g/mol. The zero-order valence-electron chi connectivity index (χ0n) is 11.6. The summed E-state index contributed by atoms with van der Waals surface area (Å²) in [4.78, 5) is 12.2. The molecule has 108 valence electrons. The van der Waals surface area contributed by atoms with Crippen LogP contribution in [0.15, 0.2) is 18.2 Å². The van der Waals surface area contributed by atoms with E-state index in [1.807, 2.05) is 0 Å². The van der Waals surface area contributed by atoms with Crippen LogP contribution in [0.3, 0.4) is 0 Å². The molecule has 0 radical (unpaired) electrons. The Balaban J connectivity index is 2.12. The molecular formula is C14H19N3O2S. The van der Waals surface area contributed by atoms with Crippen molar-refractivity contribution in [2.75, 3.05) is 12.4 Å². The quantitative estimate of drug-likeness (QED) is 0.691. The summed E-state index contributed by atoms with van der Waals surface area (Å²) >= 11 is 5.02.